The monoisotopic (exact) mass is 518 g/mol. The molecule has 8 heteroatoms. The number of rotatable bonds is 6. The molecule has 0 atom stereocenters. The number of benzene rings is 2. The molecule has 0 fully saturated rings. The zero-order valence-corrected chi connectivity index (χ0v) is 19.7. The van der Waals surface area contributed by atoms with Gasteiger partial charge in [0, 0.05) is 33.3 Å². The van der Waals surface area contributed by atoms with Gasteiger partial charge in [-0.2, -0.15) is 0 Å². The van der Waals surface area contributed by atoms with E-state index in [0.717, 1.165) is 28.6 Å². The standard InChI is InChI=1S/C22H26N6O.HI/c1-23-21(29)18-11-7-8-16(12-18)13-26-22(24-2)28(3)15-20-25-14-19(27-20)17-9-5-4-6-10-17;/h4-12,14H,13,15H2,1-3H3,(H,23,29)(H,24,26)(H,25,27);1H. The van der Waals surface area contributed by atoms with Gasteiger partial charge in [0.05, 0.1) is 18.4 Å². The molecule has 0 aliphatic rings. The number of hydrogen-bond acceptors (Lipinski definition) is 3. The molecule has 0 spiro atoms. The summed E-state index contributed by atoms with van der Waals surface area (Å²) in [6.07, 6.45) is 1.85. The number of nitrogens with one attached hydrogen (secondary N) is 3. The number of hydrogen-bond donors (Lipinski definition) is 3. The molecule has 0 aliphatic carbocycles. The predicted molar refractivity (Wildman–Crippen MR) is 131 cm³/mol. The molecule has 3 rings (SSSR count). The first-order valence-electron chi connectivity index (χ1n) is 9.43. The molecule has 7 nitrogen and oxygen atoms in total. The van der Waals surface area contributed by atoms with Gasteiger partial charge in [0.25, 0.3) is 5.91 Å². The first-order valence-corrected chi connectivity index (χ1v) is 9.43. The van der Waals surface area contributed by atoms with E-state index in [0.29, 0.717) is 18.7 Å². The smallest absolute Gasteiger partial charge is 0.251 e. The van der Waals surface area contributed by atoms with Crippen LogP contribution >= 0.6 is 24.0 Å². The second-order valence-corrected chi connectivity index (χ2v) is 6.65. The van der Waals surface area contributed by atoms with E-state index in [1.54, 1.807) is 20.2 Å². The van der Waals surface area contributed by atoms with Crippen molar-refractivity contribution < 1.29 is 4.79 Å². The number of guanidine groups is 1. The average Bonchev–Trinajstić information content (AvgIpc) is 3.23. The van der Waals surface area contributed by atoms with E-state index in [4.69, 9.17) is 0 Å². The maximum absolute atomic E-state index is 11.8. The van der Waals surface area contributed by atoms with Crippen LogP contribution in [0.25, 0.3) is 11.3 Å². The first-order chi connectivity index (χ1) is 14.1. The molecule has 3 N–H and O–H groups in total. The van der Waals surface area contributed by atoms with Gasteiger partial charge in [0.15, 0.2) is 5.96 Å². The van der Waals surface area contributed by atoms with Gasteiger partial charge in [-0.3, -0.25) is 9.79 Å². The van der Waals surface area contributed by atoms with Crippen molar-refractivity contribution in [3.8, 4) is 11.3 Å². The van der Waals surface area contributed by atoms with Crippen LogP contribution in [0.3, 0.4) is 0 Å². The number of carbonyl (C=O) groups is 1. The minimum absolute atomic E-state index is 0. The third-order valence-corrected chi connectivity index (χ3v) is 4.54. The second kappa shape index (κ2) is 11.3. The fourth-order valence-corrected chi connectivity index (χ4v) is 3.04. The average molecular weight is 518 g/mol. The Morgan fingerprint density at radius 1 is 1.17 bits per heavy atom. The number of aromatic amines is 1. The summed E-state index contributed by atoms with van der Waals surface area (Å²) in [4.78, 5) is 26.0. The molecule has 0 aliphatic heterocycles. The van der Waals surface area contributed by atoms with Crippen LogP contribution in [0.5, 0.6) is 0 Å². The molecule has 0 saturated carbocycles. The highest BCUT2D eigenvalue weighted by Gasteiger charge is 2.10. The van der Waals surface area contributed by atoms with Gasteiger partial charge in [-0.25, -0.2) is 4.98 Å². The van der Waals surface area contributed by atoms with Gasteiger partial charge < -0.3 is 20.5 Å². The van der Waals surface area contributed by atoms with Crippen molar-refractivity contribution in [1.29, 1.82) is 0 Å². The van der Waals surface area contributed by atoms with Crippen LogP contribution in [0.2, 0.25) is 0 Å². The SMILES string of the molecule is CN=C(NCc1cccc(C(=O)NC)c1)N(C)Cc1ncc(-c2ccccc2)[nH]1.I. The molecule has 1 aromatic heterocycles. The summed E-state index contributed by atoms with van der Waals surface area (Å²) in [5, 5.41) is 5.97. The molecule has 0 bridgehead atoms. The fourth-order valence-electron chi connectivity index (χ4n) is 3.04. The number of H-pyrrole nitrogens is 1. The van der Waals surface area contributed by atoms with Crippen LogP contribution in [-0.4, -0.2) is 47.9 Å². The van der Waals surface area contributed by atoms with E-state index >= 15 is 0 Å². The summed E-state index contributed by atoms with van der Waals surface area (Å²) in [6.45, 7) is 1.15. The molecule has 1 amide bonds. The van der Waals surface area contributed by atoms with Gasteiger partial charge in [0.1, 0.15) is 5.82 Å². The summed E-state index contributed by atoms with van der Waals surface area (Å²) < 4.78 is 0. The van der Waals surface area contributed by atoms with Crippen molar-refractivity contribution >= 4 is 35.8 Å². The molecule has 3 aromatic rings. The molecule has 2 aromatic carbocycles. The van der Waals surface area contributed by atoms with Crippen molar-refractivity contribution in [1.82, 2.24) is 25.5 Å². The zero-order chi connectivity index (χ0) is 20.6. The molecule has 0 unspecified atom stereocenters. The molecule has 0 radical (unpaired) electrons. The van der Waals surface area contributed by atoms with E-state index in [2.05, 4.69) is 37.7 Å². The highest BCUT2D eigenvalue weighted by molar-refractivity contribution is 14.0. The van der Waals surface area contributed by atoms with E-state index in [-0.39, 0.29) is 29.9 Å². The van der Waals surface area contributed by atoms with Crippen LogP contribution in [0, 0.1) is 0 Å². The maximum atomic E-state index is 11.8. The van der Waals surface area contributed by atoms with Gasteiger partial charge in [-0.15, -0.1) is 24.0 Å². The third kappa shape index (κ3) is 6.06. The third-order valence-electron chi connectivity index (χ3n) is 4.54. The number of carbonyl (C=O) groups excluding carboxylic acids is 1. The van der Waals surface area contributed by atoms with E-state index in [1.807, 2.05) is 54.5 Å². The van der Waals surface area contributed by atoms with Crippen molar-refractivity contribution in [2.24, 2.45) is 4.99 Å². The number of imidazole rings is 1. The Balaban J connectivity index is 0.00000320. The van der Waals surface area contributed by atoms with Crippen molar-refractivity contribution in [2.75, 3.05) is 21.1 Å². The lowest BCUT2D eigenvalue weighted by atomic mass is 10.1. The predicted octanol–water partition coefficient (Wildman–Crippen LogP) is 3.26. The lowest BCUT2D eigenvalue weighted by molar-refractivity contribution is 0.0963. The zero-order valence-electron chi connectivity index (χ0n) is 17.3. The summed E-state index contributed by atoms with van der Waals surface area (Å²) in [5.74, 6) is 1.50. The van der Waals surface area contributed by atoms with Crippen molar-refractivity contribution in [3.63, 3.8) is 0 Å². The Hall–Kier alpha value is -2.88. The van der Waals surface area contributed by atoms with Gasteiger partial charge in [0.2, 0.25) is 0 Å². The number of nitrogens with zero attached hydrogens (tertiary/aromatic N) is 3. The van der Waals surface area contributed by atoms with E-state index in [9.17, 15) is 4.79 Å². The number of aromatic nitrogens is 2. The van der Waals surface area contributed by atoms with Crippen LogP contribution in [-0.2, 0) is 13.1 Å². The molecule has 158 valence electrons. The number of halogens is 1. The van der Waals surface area contributed by atoms with E-state index < -0.39 is 0 Å². The summed E-state index contributed by atoms with van der Waals surface area (Å²) in [7, 11) is 5.33. The Morgan fingerprint density at radius 3 is 2.63 bits per heavy atom. The van der Waals surface area contributed by atoms with Gasteiger partial charge in [-0.1, -0.05) is 42.5 Å². The minimum atomic E-state index is -0.0969. The molecule has 1 heterocycles. The first kappa shape index (κ1) is 23.4. The minimum Gasteiger partial charge on any atom is -0.355 e. The topological polar surface area (TPSA) is 85.4 Å². The van der Waals surface area contributed by atoms with Crippen LogP contribution in [0.1, 0.15) is 21.7 Å². The van der Waals surface area contributed by atoms with Gasteiger partial charge >= 0.3 is 0 Å². The Kier molecular flexibility index (Phi) is 8.85. The molecular formula is C22H27IN6O. The lowest BCUT2D eigenvalue weighted by Crippen LogP contribution is -2.38. The second-order valence-electron chi connectivity index (χ2n) is 6.65. The van der Waals surface area contributed by atoms with Crippen LogP contribution in [0.4, 0.5) is 0 Å². The normalized spacial score (nSPS) is 10.8. The quantitative estimate of drug-likeness (QED) is 0.266. The van der Waals surface area contributed by atoms with Gasteiger partial charge in [-0.05, 0) is 23.3 Å². The number of amides is 1. The molecule has 30 heavy (non-hydrogen) atoms. The van der Waals surface area contributed by atoms with Crippen molar-refractivity contribution in [3.05, 3.63) is 77.7 Å². The highest BCUT2D eigenvalue weighted by Crippen LogP contribution is 2.16. The summed E-state index contributed by atoms with van der Waals surface area (Å²) in [6, 6.07) is 17.6. The highest BCUT2D eigenvalue weighted by atomic mass is 127. The summed E-state index contributed by atoms with van der Waals surface area (Å²) in [5.41, 5.74) is 3.74. The Morgan fingerprint density at radius 2 is 1.93 bits per heavy atom. The Labute approximate surface area is 194 Å². The Bertz CT molecular complexity index is 986. The largest absolute Gasteiger partial charge is 0.355 e. The fraction of sp³-hybridized carbons (Fsp3) is 0.227. The van der Waals surface area contributed by atoms with E-state index in [1.165, 1.54) is 0 Å². The van der Waals surface area contributed by atoms with Crippen LogP contribution < -0.4 is 10.6 Å². The number of aliphatic imine (C=N–C) groups is 1. The molecular weight excluding hydrogens is 491 g/mol. The molecule has 0 saturated heterocycles. The van der Waals surface area contributed by atoms with Crippen molar-refractivity contribution in [2.45, 2.75) is 13.1 Å². The lowest BCUT2D eigenvalue weighted by Gasteiger charge is -2.21. The van der Waals surface area contributed by atoms with Crippen LogP contribution in [0.15, 0.2) is 65.8 Å². The maximum Gasteiger partial charge on any atom is 0.251 e. The summed E-state index contributed by atoms with van der Waals surface area (Å²) >= 11 is 0.